The van der Waals surface area contributed by atoms with Crippen LogP contribution in [-0.2, 0) is 0 Å². The zero-order valence-corrected chi connectivity index (χ0v) is 15.0. The topological polar surface area (TPSA) is 83.2 Å². The molecule has 2 aromatic carbocycles. The number of nitrogen functional groups attached to an aromatic ring is 1. The highest BCUT2D eigenvalue weighted by atomic mass is 16.5. The zero-order valence-electron chi connectivity index (χ0n) is 15.0. The van der Waals surface area contributed by atoms with E-state index in [1.165, 1.54) is 6.33 Å². The van der Waals surface area contributed by atoms with Gasteiger partial charge in [-0.2, -0.15) is 9.97 Å². The fourth-order valence-corrected chi connectivity index (χ4v) is 2.89. The Morgan fingerprint density at radius 3 is 2.30 bits per heavy atom. The number of pyridine rings is 1. The second kappa shape index (κ2) is 6.92. The molecule has 4 aromatic rings. The minimum Gasteiger partial charge on any atom is -0.437 e. The molecule has 4 rings (SSSR count). The maximum Gasteiger partial charge on any atom is 0.249 e. The van der Waals surface area contributed by atoms with E-state index in [4.69, 9.17) is 15.2 Å². The Hall–Kier alpha value is -3.67. The lowest BCUT2D eigenvalue weighted by molar-refractivity contribution is 0.440. The minimum atomic E-state index is 0.225. The van der Waals surface area contributed by atoms with Crippen molar-refractivity contribution < 1.29 is 9.47 Å². The molecule has 2 heterocycles. The van der Waals surface area contributed by atoms with Crippen LogP contribution in [0.1, 0.15) is 11.1 Å². The Morgan fingerprint density at radius 2 is 1.52 bits per heavy atom. The molecule has 6 nitrogen and oxygen atoms in total. The summed E-state index contributed by atoms with van der Waals surface area (Å²) in [6.45, 7) is 4.01. The molecule has 0 fully saturated rings. The van der Waals surface area contributed by atoms with Crippen LogP contribution in [0.15, 0.2) is 61.1 Å². The number of hydrogen-bond acceptors (Lipinski definition) is 6. The number of nitrogens with zero attached hydrogens (tertiary/aromatic N) is 3. The van der Waals surface area contributed by atoms with Gasteiger partial charge in [-0.05, 0) is 49.2 Å². The van der Waals surface area contributed by atoms with Crippen LogP contribution in [0, 0.1) is 13.8 Å². The molecule has 2 aromatic heterocycles. The smallest absolute Gasteiger partial charge is 0.249 e. The molecule has 6 heteroatoms. The van der Waals surface area contributed by atoms with Crippen LogP contribution in [0.4, 0.5) is 5.69 Å². The summed E-state index contributed by atoms with van der Waals surface area (Å²) in [5.41, 5.74) is 9.35. The van der Waals surface area contributed by atoms with Gasteiger partial charge in [-0.15, -0.1) is 0 Å². The average Bonchev–Trinajstić information content (AvgIpc) is 2.64. The lowest BCUT2D eigenvalue weighted by Gasteiger charge is -2.12. The number of aryl methyl sites for hydroxylation is 2. The molecular formula is C21H18N4O2. The molecule has 27 heavy (non-hydrogen) atoms. The van der Waals surface area contributed by atoms with E-state index in [1.54, 1.807) is 6.20 Å². The van der Waals surface area contributed by atoms with E-state index in [2.05, 4.69) is 21.0 Å². The predicted octanol–water partition coefficient (Wildman–Crippen LogP) is 4.81. The number of rotatable bonds is 4. The molecule has 0 saturated heterocycles. The molecule has 0 aliphatic carbocycles. The van der Waals surface area contributed by atoms with Crippen molar-refractivity contribution in [1.29, 1.82) is 0 Å². The van der Waals surface area contributed by atoms with Crippen molar-refractivity contribution in [3.05, 3.63) is 72.2 Å². The van der Waals surface area contributed by atoms with Gasteiger partial charge in [-0.1, -0.05) is 24.3 Å². The van der Waals surface area contributed by atoms with Crippen molar-refractivity contribution >= 4 is 16.6 Å². The number of ether oxygens (including phenoxy) is 2. The van der Waals surface area contributed by atoms with Crippen LogP contribution in [0.5, 0.6) is 23.3 Å². The van der Waals surface area contributed by atoms with Crippen LogP contribution in [0.2, 0.25) is 0 Å². The van der Waals surface area contributed by atoms with Crippen molar-refractivity contribution in [3.8, 4) is 23.3 Å². The Kier molecular flexibility index (Phi) is 4.30. The number of fused-ring (bicyclic) bond motifs is 1. The summed E-state index contributed by atoms with van der Waals surface area (Å²) in [5.74, 6) is 1.70. The highest BCUT2D eigenvalue weighted by Crippen LogP contribution is 2.35. The second-order valence-corrected chi connectivity index (χ2v) is 6.26. The van der Waals surface area contributed by atoms with Crippen molar-refractivity contribution in [2.24, 2.45) is 0 Å². The number of benzene rings is 2. The molecule has 0 amide bonds. The summed E-state index contributed by atoms with van der Waals surface area (Å²) in [7, 11) is 0. The van der Waals surface area contributed by atoms with Gasteiger partial charge in [0.1, 0.15) is 17.6 Å². The van der Waals surface area contributed by atoms with Crippen LogP contribution in [0.25, 0.3) is 10.9 Å². The van der Waals surface area contributed by atoms with E-state index in [0.29, 0.717) is 11.5 Å². The van der Waals surface area contributed by atoms with Gasteiger partial charge in [0.25, 0.3) is 0 Å². The molecule has 2 N–H and O–H groups in total. The number of para-hydroxylation sites is 1. The van der Waals surface area contributed by atoms with E-state index in [-0.39, 0.29) is 17.4 Å². The molecular weight excluding hydrogens is 340 g/mol. The van der Waals surface area contributed by atoms with Crippen molar-refractivity contribution in [2.75, 3.05) is 5.73 Å². The molecule has 0 bridgehead atoms. The van der Waals surface area contributed by atoms with Gasteiger partial charge in [0.15, 0.2) is 11.4 Å². The van der Waals surface area contributed by atoms with Gasteiger partial charge in [0.2, 0.25) is 11.8 Å². The molecule has 0 unspecified atom stereocenters. The number of hydrogen-bond donors (Lipinski definition) is 1. The summed E-state index contributed by atoms with van der Waals surface area (Å²) < 4.78 is 11.8. The van der Waals surface area contributed by atoms with Crippen molar-refractivity contribution in [3.63, 3.8) is 0 Å². The fourth-order valence-electron chi connectivity index (χ4n) is 2.89. The third kappa shape index (κ3) is 3.50. The number of nitrogens with two attached hydrogens (primary N) is 1. The largest absolute Gasteiger partial charge is 0.437 e. The minimum absolute atomic E-state index is 0.225. The van der Waals surface area contributed by atoms with E-state index in [9.17, 15) is 0 Å². The molecule has 134 valence electrons. The molecule has 0 aliphatic heterocycles. The van der Waals surface area contributed by atoms with Crippen molar-refractivity contribution in [2.45, 2.75) is 13.8 Å². The van der Waals surface area contributed by atoms with E-state index in [0.717, 1.165) is 22.0 Å². The van der Waals surface area contributed by atoms with Gasteiger partial charge in [0, 0.05) is 11.6 Å². The second-order valence-electron chi connectivity index (χ2n) is 6.26. The van der Waals surface area contributed by atoms with Gasteiger partial charge in [-0.25, -0.2) is 0 Å². The Labute approximate surface area is 156 Å². The van der Waals surface area contributed by atoms with Gasteiger partial charge < -0.3 is 15.2 Å². The highest BCUT2D eigenvalue weighted by Gasteiger charge is 2.14. The lowest BCUT2D eigenvalue weighted by atomic mass is 10.1. The first-order valence-electron chi connectivity index (χ1n) is 8.48. The lowest BCUT2D eigenvalue weighted by Crippen LogP contribution is -2.01. The normalized spacial score (nSPS) is 10.7. The van der Waals surface area contributed by atoms with Crippen LogP contribution in [-0.4, -0.2) is 15.0 Å². The number of anilines is 1. The first-order chi connectivity index (χ1) is 13.1. The molecule has 0 atom stereocenters. The SMILES string of the molecule is Cc1cc(C)cc(Oc2ncnc(Oc3cccc4cccnc34)c2N)c1. The molecule has 0 spiro atoms. The van der Waals surface area contributed by atoms with E-state index < -0.39 is 0 Å². The molecule has 0 radical (unpaired) electrons. The predicted molar refractivity (Wildman–Crippen MR) is 104 cm³/mol. The van der Waals surface area contributed by atoms with E-state index >= 15 is 0 Å². The maximum atomic E-state index is 6.20. The average molecular weight is 358 g/mol. The highest BCUT2D eigenvalue weighted by molar-refractivity contribution is 5.84. The first-order valence-corrected chi connectivity index (χ1v) is 8.48. The van der Waals surface area contributed by atoms with Crippen LogP contribution < -0.4 is 15.2 Å². The maximum absolute atomic E-state index is 6.20. The fraction of sp³-hybridized carbons (Fsp3) is 0.0952. The first kappa shape index (κ1) is 16.8. The summed E-state index contributed by atoms with van der Waals surface area (Å²) in [6, 6.07) is 15.4. The zero-order chi connectivity index (χ0) is 18.8. The van der Waals surface area contributed by atoms with Crippen LogP contribution in [0.3, 0.4) is 0 Å². The summed E-state index contributed by atoms with van der Waals surface area (Å²) in [6.07, 6.45) is 3.08. The monoisotopic (exact) mass is 358 g/mol. The quantitative estimate of drug-likeness (QED) is 0.564. The Bertz CT molecular complexity index is 1100. The summed E-state index contributed by atoms with van der Waals surface area (Å²) in [4.78, 5) is 12.7. The van der Waals surface area contributed by atoms with Gasteiger partial charge in [0.05, 0.1) is 0 Å². The summed E-state index contributed by atoms with van der Waals surface area (Å²) in [5, 5.41) is 0.967. The Balaban J connectivity index is 1.67. The van der Waals surface area contributed by atoms with Gasteiger partial charge >= 0.3 is 0 Å². The summed E-state index contributed by atoms with van der Waals surface area (Å²) >= 11 is 0. The van der Waals surface area contributed by atoms with Crippen molar-refractivity contribution in [1.82, 2.24) is 15.0 Å². The molecule has 0 aliphatic rings. The standard InChI is InChI=1S/C21H18N4O2/c1-13-9-14(2)11-16(10-13)26-20-18(22)21(25-12-24-20)27-17-7-3-5-15-6-4-8-23-19(15)17/h3-12H,22H2,1-2H3. The Morgan fingerprint density at radius 1 is 0.815 bits per heavy atom. The van der Waals surface area contributed by atoms with E-state index in [1.807, 2.05) is 56.3 Å². The molecule has 0 saturated carbocycles. The third-order valence-electron chi connectivity index (χ3n) is 4.02. The van der Waals surface area contributed by atoms with Crippen LogP contribution >= 0.6 is 0 Å². The third-order valence-corrected chi connectivity index (χ3v) is 4.02. The number of aromatic nitrogens is 3. The van der Waals surface area contributed by atoms with Gasteiger partial charge in [-0.3, -0.25) is 4.98 Å².